The third-order valence-corrected chi connectivity index (χ3v) is 8.32. The monoisotopic (exact) mass is 720 g/mol. The molecule has 0 atom stereocenters. The molecule has 0 saturated carbocycles. The average Bonchev–Trinajstić information content (AvgIpc) is 3.02. The topological polar surface area (TPSA) is 133 Å². The summed E-state index contributed by atoms with van der Waals surface area (Å²) in [4.78, 5) is 18.7. The van der Waals surface area contributed by atoms with Gasteiger partial charge in [-0.25, -0.2) is 0 Å². The molecule has 49 heavy (non-hydrogen) atoms. The van der Waals surface area contributed by atoms with Crippen molar-refractivity contribution in [2.75, 3.05) is 126 Å². The van der Waals surface area contributed by atoms with Crippen molar-refractivity contribution < 1.29 is 57.0 Å². The zero-order valence-electron chi connectivity index (χ0n) is 31.3. The maximum atomic E-state index is 9.33. The van der Waals surface area contributed by atoms with Crippen LogP contribution in [0.5, 0.6) is 5.75 Å². The van der Waals surface area contributed by atoms with Gasteiger partial charge in [-0.3, -0.25) is 0 Å². The molecule has 0 fully saturated rings. The Bertz CT molecular complexity index is 874. The minimum atomic E-state index is -2.95. The van der Waals surface area contributed by atoms with E-state index in [0.717, 1.165) is 12.2 Å². The lowest BCUT2D eigenvalue weighted by atomic mass is 9.72. The van der Waals surface area contributed by atoms with Crippen molar-refractivity contribution in [2.24, 2.45) is 5.41 Å². The minimum Gasteiger partial charge on any atom is -0.491 e. The summed E-state index contributed by atoms with van der Waals surface area (Å²) >= 11 is 0. The fourth-order valence-electron chi connectivity index (χ4n) is 5.02. The molecular formula is C36H68O12Si. The van der Waals surface area contributed by atoms with Gasteiger partial charge in [0.15, 0.2) is 0 Å². The Kier molecular flexibility index (Phi) is 26.5. The summed E-state index contributed by atoms with van der Waals surface area (Å²) in [6.45, 7) is 22.5. The Morgan fingerprint density at radius 3 is 1.08 bits per heavy atom. The Labute approximate surface area is 297 Å². The van der Waals surface area contributed by atoms with Gasteiger partial charge in [0.05, 0.1) is 112 Å². The van der Waals surface area contributed by atoms with Crippen LogP contribution in [0.25, 0.3) is 0 Å². The molecule has 13 heteroatoms. The van der Waals surface area contributed by atoms with Crippen LogP contribution in [-0.2, 0) is 48.0 Å². The molecule has 288 valence electrons. The van der Waals surface area contributed by atoms with Crippen molar-refractivity contribution in [2.45, 2.75) is 65.5 Å². The Hall–Kier alpha value is -1.20. The third-order valence-electron chi connectivity index (χ3n) is 7.02. The van der Waals surface area contributed by atoms with Gasteiger partial charge in [0, 0.05) is 6.61 Å². The van der Waals surface area contributed by atoms with E-state index in [2.05, 4.69) is 46.8 Å². The molecule has 1 aromatic carbocycles. The Morgan fingerprint density at radius 2 is 0.776 bits per heavy atom. The molecule has 0 saturated heterocycles. The van der Waals surface area contributed by atoms with Gasteiger partial charge < -0.3 is 57.0 Å². The fourth-order valence-corrected chi connectivity index (χ4v) is 5.83. The first kappa shape index (κ1) is 45.8. The minimum absolute atomic E-state index is 0.121. The molecule has 0 aliphatic carbocycles. The van der Waals surface area contributed by atoms with Crippen molar-refractivity contribution in [3.05, 3.63) is 29.8 Å². The van der Waals surface area contributed by atoms with Crippen LogP contribution in [0.2, 0.25) is 12.6 Å². The summed E-state index contributed by atoms with van der Waals surface area (Å²) in [6, 6.07) is 8.83. The quantitative estimate of drug-likeness (QED) is 0.0774. The largest absolute Gasteiger partial charge is 0.491 e. The van der Waals surface area contributed by atoms with Crippen LogP contribution in [0.1, 0.15) is 53.0 Å². The van der Waals surface area contributed by atoms with E-state index in [1.807, 2.05) is 12.1 Å². The molecule has 0 aromatic heterocycles. The lowest BCUT2D eigenvalue weighted by molar-refractivity contribution is -0.0253. The van der Waals surface area contributed by atoms with E-state index < -0.39 is 8.56 Å². The number of benzene rings is 1. The summed E-state index contributed by atoms with van der Waals surface area (Å²) in [5.41, 5.74) is 1.73. The van der Waals surface area contributed by atoms with Crippen LogP contribution in [0.4, 0.5) is 0 Å². The van der Waals surface area contributed by atoms with Gasteiger partial charge in [-0.2, -0.15) is 0 Å². The number of ether oxygens (including phenoxy) is 10. The maximum absolute atomic E-state index is 9.33. The van der Waals surface area contributed by atoms with E-state index in [-0.39, 0.29) is 10.8 Å². The van der Waals surface area contributed by atoms with Crippen LogP contribution in [-0.4, -0.2) is 144 Å². The van der Waals surface area contributed by atoms with E-state index in [1.165, 1.54) is 12.1 Å². The van der Waals surface area contributed by atoms with Crippen molar-refractivity contribution in [1.82, 2.24) is 0 Å². The zero-order valence-corrected chi connectivity index (χ0v) is 32.3. The zero-order chi connectivity index (χ0) is 36.1. The normalized spacial score (nSPS) is 12.6. The number of hydrogen-bond donors (Lipinski definition) is 2. The van der Waals surface area contributed by atoms with Crippen molar-refractivity contribution in [3.8, 4) is 5.75 Å². The molecular weight excluding hydrogens is 652 g/mol. The highest BCUT2D eigenvalue weighted by Gasteiger charge is 2.27. The van der Waals surface area contributed by atoms with Gasteiger partial charge in [0.25, 0.3) is 0 Å². The molecule has 0 bridgehead atoms. The summed E-state index contributed by atoms with van der Waals surface area (Å²) in [6.07, 6.45) is 1.76. The predicted octanol–water partition coefficient (Wildman–Crippen LogP) is 4.38. The first-order valence-corrected chi connectivity index (χ1v) is 20.4. The van der Waals surface area contributed by atoms with Crippen molar-refractivity contribution >= 4 is 8.56 Å². The van der Waals surface area contributed by atoms with Crippen molar-refractivity contribution in [3.63, 3.8) is 0 Å². The smallest absolute Gasteiger partial charge is 0.329 e. The molecule has 12 nitrogen and oxygen atoms in total. The summed E-state index contributed by atoms with van der Waals surface area (Å²) in [7, 11) is -2.95. The Balaban J connectivity index is 1.75. The van der Waals surface area contributed by atoms with Gasteiger partial charge in [-0.1, -0.05) is 46.8 Å². The van der Waals surface area contributed by atoms with Gasteiger partial charge in [0.2, 0.25) is 0 Å². The first-order chi connectivity index (χ1) is 23.4. The van der Waals surface area contributed by atoms with Gasteiger partial charge in [-0.15, -0.1) is 0 Å². The lowest BCUT2D eigenvalue weighted by Gasteiger charge is -2.33. The second-order valence-corrected chi connectivity index (χ2v) is 16.8. The second kappa shape index (κ2) is 28.4. The van der Waals surface area contributed by atoms with Crippen LogP contribution in [0.3, 0.4) is 0 Å². The van der Waals surface area contributed by atoms with E-state index in [4.69, 9.17) is 47.4 Å². The summed E-state index contributed by atoms with van der Waals surface area (Å²) < 4.78 is 55.2. The van der Waals surface area contributed by atoms with Gasteiger partial charge in [0.1, 0.15) is 12.4 Å². The van der Waals surface area contributed by atoms with E-state index in [1.54, 1.807) is 0 Å². The first-order valence-electron chi connectivity index (χ1n) is 17.8. The third kappa shape index (κ3) is 30.2. The van der Waals surface area contributed by atoms with Crippen LogP contribution in [0.15, 0.2) is 24.3 Å². The number of rotatable bonds is 34. The Morgan fingerprint density at radius 1 is 0.469 bits per heavy atom. The molecule has 0 spiro atoms. The highest BCUT2D eigenvalue weighted by atomic mass is 28.4. The predicted molar refractivity (Wildman–Crippen MR) is 192 cm³/mol. The second-order valence-electron chi connectivity index (χ2n) is 13.8. The van der Waals surface area contributed by atoms with Crippen LogP contribution >= 0.6 is 0 Å². The van der Waals surface area contributed by atoms with Crippen LogP contribution < -0.4 is 4.74 Å². The molecule has 0 unspecified atom stereocenters. The fraction of sp³-hybridized carbons (Fsp3) is 0.833. The molecule has 2 N–H and O–H groups in total. The standard InChI is InChI=1S/C36H68O12Si/c1-35(2,3)32-36(4,5)33-8-10-34(11-9-33)48-30-29-47-28-27-46-26-25-45-24-23-44-22-21-43-20-19-42-18-17-41-16-15-40-14-13-39-12-7-31-49(6,37)38/h8-11,37-38H,7,12-32H2,1-6H3. The molecule has 1 aromatic rings. The van der Waals surface area contributed by atoms with Crippen LogP contribution in [0, 0.1) is 5.41 Å². The maximum Gasteiger partial charge on any atom is 0.329 e. The summed E-state index contributed by atoms with van der Waals surface area (Å²) in [5.74, 6) is 0.858. The SMILES string of the molecule is CC(C)(C)CC(C)(C)c1ccc(OCCOCCOCCOCCOCCOCCOCCOCCOCCOCCC[Si](C)(O)O)cc1. The molecule has 0 aliphatic heterocycles. The van der Waals surface area contributed by atoms with E-state index in [0.29, 0.717) is 138 Å². The molecule has 1 rings (SSSR count). The molecule has 0 amide bonds. The van der Waals surface area contributed by atoms with Gasteiger partial charge >= 0.3 is 8.56 Å². The lowest BCUT2D eigenvalue weighted by Crippen LogP contribution is -2.29. The highest BCUT2D eigenvalue weighted by Crippen LogP contribution is 2.36. The van der Waals surface area contributed by atoms with E-state index in [9.17, 15) is 9.59 Å². The number of hydrogen-bond acceptors (Lipinski definition) is 12. The summed E-state index contributed by atoms with van der Waals surface area (Å²) in [5, 5.41) is 0. The van der Waals surface area contributed by atoms with E-state index >= 15 is 0 Å². The molecule has 0 heterocycles. The van der Waals surface area contributed by atoms with Gasteiger partial charge in [-0.05, 0) is 54.0 Å². The molecule has 0 aliphatic rings. The average molecular weight is 721 g/mol. The highest BCUT2D eigenvalue weighted by molar-refractivity contribution is 6.63. The van der Waals surface area contributed by atoms with Crippen molar-refractivity contribution in [1.29, 1.82) is 0 Å². The molecule has 0 radical (unpaired) electrons.